The van der Waals surface area contributed by atoms with E-state index in [1.54, 1.807) is 32.1 Å². The number of cyclic esters (lactones) is 1. The number of aliphatic hydroxyl groups excluding tert-OH is 2. The summed E-state index contributed by atoms with van der Waals surface area (Å²) in [5.74, 6) is -1.21. The monoisotopic (exact) mass is 505 g/mol. The Morgan fingerprint density at radius 1 is 1.17 bits per heavy atom. The van der Waals surface area contributed by atoms with Crippen molar-refractivity contribution in [3.63, 3.8) is 0 Å². The minimum atomic E-state index is -1.22. The standard InChI is InChI=1S/C28H43NO5S/c1-16-9-10-23(18(3)13-22-15-35-21(6)29-22)34-25(31)14-24(30)28(7,8)27(33)20(5)26(32)19(4)12-17(2)11-16/h9,13,15,17,19-20,23-24,26,30,32H,10-12,14H2,1-8H3/t17?,19-,20+,23-,24-,26-/m0/s1. The van der Waals surface area contributed by atoms with Gasteiger partial charge in [0.25, 0.3) is 0 Å². The van der Waals surface area contributed by atoms with Gasteiger partial charge in [-0.2, -0.15) is 0 Å². The number of esters is 1. The Morgan fingerprint density at radius 2 is 1.83 bits per heavy atom. The van der Waals surface area contributed by atoms with Gasteiger partial charge in [-0.05, 0) is 57.1 Å². The van der Waals surface area contributed by atoms with Crippen molar-refractivity contribution >= 4 is 29.2 Å². The van der Waals surface area contributed by atoms with E-state index in [0.717, 1.165) is 29.1 Å². The third-order valence-electron chi connectivity index (χ3n) is 7.26. The van der Waals surface area contributed by atoms with Crippen LogP contribution in [0.2, 0.25) is 0 Å². The van der Waals surface area contributed by atoms with Crippen LogP contribution < -0.4 is 0 Å². The molecule has 0 saturated heterocycles. The fraction of sp³-hybridized carbons (Fsp3) is 0.679. The zero-order chi connectivity index (χ0) is 26.5. The number of hydrogen-bond acceptors (Lipinski definition) is 7. The van der Waals surface area contributed by atoms with Crippen molar-refractivity contribution < 1.29 is 24.5 Å². The van der Waals surface area contributed by atoms with Gasteiger partial charge in [-0.15, -0.1) is 11.3 Å². The van der Waals surface area contributed by atoms with Crippen molar-refractivity contribution in [1.29, 1.82) is 0 Å². The molecule has 2 N–H and O–H groups in total. The SMILES string of the molecule is CC1=CC[C@@H](C(C)=Cc2csc(C)n2)OC(=O)C[C@H](O)C(C)(C)C(=O)[C@H](C)[C@@H](O)[C@@H](C)CC(C)C1. The largest absolute Gasteiger partial charge is 0.457 e. The van der Waals surface area contributed by atoms with Crippen LogP contribution in [0.4, 0.5) is 0 Å². The number of rotatable bonds is 2. The van der Waals surface area contributed by atoms with Gasteiger partial charge in [0.15, 0.2) is 0 Å². The van der Waals surface area contributed by atoms with E-state index in [0.29, 0.717) is 12.3 Å². The highest BCUT2D eigenvalue weighted by Crippen LogP contribution is 2.33. The van der Waals surface area contributed by atoms with Crippen molar-refractivity contribution in [2.24, 2.45) is 23.2 Å². The first kappa shape index (κ1) is 29.4. The molecule has 7 heteroatoms. The Kier molecular flexibility index (Phi) is 10.4. The van der Waals surface area contributed by atoms with E-state index in [2.05, 4.69) is 24.9 Å². The average Bonchev–Trinajstić information content (AvgIpc) is 3.18. The van der Waals surface area contributed by atoms with Crippen molar-refractivity contribution in [3.8, 4) is 0 Å². The minimum absolute atomic E-state index is 0.0675. The number of ketones is 1. The molecule has 1 aliphatic rings. The first-order chi connectivity index (χ1) is 16.2. The van der Waals surface area contributed by atoms with E-state index >= 15 is 0 Å². The molecule has 1 aromatic heterocycles. The van der Waals surface area contributed by atoms with Crippen LogP contribution in [-0.2, 0) is 14.3 Å². The molecule has 0 amide bonds. The highest BCUT2D eigenvalue weighted by atomic mass is 32.1. The Morgan fingerprint density at radius 3 is 2.43 bits per heavy atom. The maximum absolute atomic E-state index is 13.2. The average molecular weight is 506 g/mol. The summed E-state index contributed by atoms with van der Waals surface area (Å²) in [6, 6.07) is 0. The maximum Gasteiger partial charge on any atom is 0.309 e. The van der Waals surface area contributed by atoms with Crippen molar-refractivity contribution in [2.45, 2.75) is 99.4 Å². The molecule has 2 rings (SSSR count). The molecule has 0 aliphatic carbocycles. The summed E-state index contributed by atoms with van der Waals surface area (Å²) in [6.07, 6.45) is 3.38. The van der Waals surface area contributed by atoms with Gasteiger partial charge in [-0.3, -0.25) is 9.59 Å². The number of carbonyl (C=O) groups is 2. The number of ether oxygens (including phenoxy) is 1. The number of allylic oxidation sites excluding steroid dienone is 1. The molecule has 6 nitrogen and oxygen atoms in total. The van der Waals surface area contributed by atoms with Crippen LogP contribution in [0.1, 0.15) is 84.9 Å². The smallest absolute Gasteiger partial charge is 0.309 e. The van der Waals surface area contributed by atoms with E-state index in [1.807, 2.05) is 32.2 Å². The van der Waals surface area contributed by atoms with Crippen LogP contribution in [0.5, 0.6) is 0 Å². The van der Waals surface area contributed by atoms with Crippen LogP contribution in [-0.4, -0.2) is 45.3 Å². The zero-order valence-electron chi connectivity index (χ0n) is 22.5. The topological polar surface area (TPSA) is 96.7 Å². The normalized spacial score (nSPS) is 32.2. The van der Waals surface area contributed by atoms with Gasteiger partial charge in [0.2, 0.25) is 0 Å². The molecule has 35 heavy (non-hydrogen) atoms. The molecule has 0 saturated carbocycles. The summed E-state index contributed by atoms with van der Waals surface area (Å²) in [4.78, 5) is 30.6. The Balaban J connectivity index is 2.38. The number of aromatic nitrogens is 1. The molecule has 0 spiro atoms. The first-order valence-electron chi connectivity index (χ1n) is 12.6. The lowest BCUT2D eigenvalue weighted by Gasteiger charge is -2.35. The van der Waals surface area contributed by atoms with Gasteiger partial charge in [0, 0.05) is 17.7 Å². The predicted octanol–water partition coefficient (Wildman–Crippen LogP) is 5.51. The molecule has 196 valence electrons. The van der Waals surface area contributed by atoms with Gasteiger partial charge in [-0.25, -0.2) is 4.98 Å². The lowest BCUT2D eigenvalue weighted by Crippen LogP contribution is -2.45. The van der Waals surface area contributed by atoms with Crippen molar-refractivity contribution in [1.82, 2.24) is 4.98 Å². The Hall–Kier alpha value is -1.83. The highest BCUT2D eigenvalue weighted by Gasteiger charge is 2.42. The fourth-order valence-electron chi connectivity index (χ4n) is 4.92. The third kappa shape index (κ3) is 8.09. The quantitative estimate of drug-likeness (QED) is 0.406. The van der Waals surface area contributed by atoms with E-state index in [-0.39, 0.29) is 18.1 Å². The highest BCUT2D eigenvalue weighted by molar-refractivity contribution is 7.09. The van der Waals surface area contributed by atoms with Crippen molar-refractivity contribution in [3.05, 3.63) is 33.3 Å². The molecule has 2 heterocycles. The molecule has 1 aromatic rings. The zero-order valence-corrected chi connectivity index (χ0v) is 23.3. The van der Waals surface area contributed by atoms with Gasteiger partial charge in [0.05, 0.1) is 34.7 Å². The second-order valence-electron chi connectivity index (χ2n) is 11.1. The molecule has 1 unspecified atom stereocenters. The second-order valence-corrected chi connectivity index (χ2v) is 12.1. The molecule has 6 atom stereocenters. The molecule has 0 bridgehead atoms. The van der Waals surface area contributed by atoms with E-state index in [1.165, 1.54) is 5.57 Å². The lowest BCUT2D eigenvalue weighted by atomic mass is 9.72. The van der Waals surface area contributed by atoms with E-state index in [9.17, 15) is 19.8 Å². The molecular formula is C28H43NO5S. The summed E-state index contributed by atoms with van der Waals surface area (Å²) in [5, 5.41) is 24.7. The molecular weight excluding hydrogens is 462 g/mol. The van der Waals surface area contributed by atoms with Crippen LogP contribution in [0.3, 0.4) is 0 Å². The van der Waals surface area contributed by atoms with Crippen LogP contribution in [0, 0.1) is 30.1 Å². The molecule has 0 fully saturated rings. The van der Waals surface area contributed by atoms with Gasteiger partial charge >= 0.3 is 5.97 Å². The van der Waals surface area contributed by atoms with Gasteiger partial charge in [-0.1, -0.05) is 46.3 Å². The van der Waals surface area contributed by atoms with Crippen LogP contribution >= 0.6 is 11.3 Å². The molecule has 1 aliphatic heterocycles. The first-order valence-corrected chi connectivity index (χ1v) is 13.5. The number of Topliss-reactive ketones (excluding diaryl/α,β-unsaturated/α-hetero) is 1. The number of nitrogens with zero attached hydrogens (tertiary/aromatic N) is 1. The number of carbonyl (C=O) groups excluding carboxylic acids is 2. The number of hydrogen-bond donors (Lipinski definition) is 2. The van der Waals surface area contributed by atoms with Crippen molar-refractivity contribution in [2.75, 3.05) is 0 Å². The van der Waals surface area contributed by atoms with E-state index in [4.69, 9.17) is 4.74 Å². The summed E-state index contributed by atoms with van der Waals surface area (Å²) in [6.45, 7) is 15.0. The predicted molar refractivity (Wildman–Crippen MR) is 141 cm³/mol. The summed E-state index contributed by atoms with van der Waals surface area (Å²) in [7, 11) is 0. The Bertz CT molecular complexity index is 947. The van der Waals surface area contributed by atoms with Gasteiger partial charge < -0.3 is 14.9 Å². The minimum Gasteiger partial charge on any atom is -0.457 e. The van der Waals surface area contributed by atoms with Gasteiger partial charge in [0.1, 0.15) is 11.9 Å². The van der Waals surface area contributed by atoms with Crippen LogP contribution in [0.15, 0.2) is 22.6 Å². The number of thiazole rings is 1. The molecule has 0 aromatic carbocycles. The lowest BCUT2D eigenvalue weighted by molar-refractivity contribution is -0.154. The maximum atomic E-state index is 13.2. The fourth-order valence-corrected chi connectivity index (χ4v) is 5.49. The summed E-state index contributed by atoms with van der Waals surface area (Å²) < 4.78 is 5.83. The number of aryl methyl sites for hydroxylation is 1. The third-order valence-corrected chi connectivity index (χ3v) is 8.05. The summed E-state index contributed by atoms with van der Waals surface area (Å²) in [5.41, 5.74) is 1.69. The number of aliphatic hydroxyl groups is 2. The Labute approximate surface area is 214 Å². The summed E-state index contributed by atoms with van der Waals surface area (Å²) >= 11 is 1.56. The molecule has 0 radical (unpaired) electrons. The van der Waals surface area contributed by atoms with E-state index < -0.39 is 35.6 Å². The van der Waals surface area contributed by atoms with Crippen LogP contribution in [0.25, 0.3) is 6.08 Å². The second kappa shape index (κ2) is 12.4.